The quantitative estimate of drug-likeness (QED) is 0.794. The van der Waals surface area contributed by atoms with E-state index in [-0.39, 0.29) is 12.5 Å². The Bertz CT molecular complexity index is 342. The summed E-state index contributed by atoms with van der Waals surface area (Å²) in [6, 6.07) is 5.21. The zero-order valence-corrected chi connectivity index (χ0v) is 9.53. The Morgan fingerprint density at radius 3 is 2.88 bits per heavy atom. The van der Waals surface area contributed by atoms with Gasteiger partial charge < -0.3 is 14.8 Å². The molecule has 1 heterocycles. The van der Waals surface area contributed by atoms with Gasteiger partial charge in [-0.1, -0.05) is 6.07 Å². The second-order valence-corrected chi connectivity index (χ2v) is 2.98. The van der Waals surface area contributed by atoms with Gasteiger partial charge in [-0.2, -0.15) is 4.98 Å². The topological polar surface area (TPSA) is 60.5 Å². The fourth-order valence-electron chi connectivity index (χ4n) is 1.09. The SMILES string of the molecule is CCOCC(=O)Nc1cccc(OCC)n1. The Balaban J connectivity index is 2.52. The number of carbonyl (C=O) groups excluding carboxylic acids is 1. The van der Waals surface area contributed by atoms with Crippen LogP contribution >= 0.6 is 0 Å². The minimum absolute atomic E-state index is 0.0387. The molecule has 0 radical (unpaired) electrons. The van der Waals surface area contributed by atoms with E-state index in [1.165, 1.54) is 0 Å². The van der Waals surface area contributed by atoms with Crippen molar-refractivity contribution in [1.82, 2.24) is 4.98 Å². The Labute approximate surface area is 94.8 Å². The van der Waals surface area contributed by atoms with Crippen molar-refractivity contribution in [3.63, 3.8) is 0 Å². The molecule has 5 heteroatoms. The molecular formula is C11H16N2O3. The van der Waals surface area contributed by atoms with Crippen LogP contribution < -0.4 is 10.1 Å². The minimum atomic E-state index is -0.219. The molecular weight excluding hydrogens is 208 g/mol. The van der Waals surface area contributed by atoms with Gasteiger partial charge in [-0.25, -0.2) is 0 Å². The number of hydrogen-bond acceptors (Lipinski definition) is 4. The van der Waals surface area contributed by atoms with Gasteiger partial charge in [0.1, 0.15) is 12.4 Å². The van der Waals surface area contributed by atoms with Crippen LogP contribution in [-0.2, 0) is 9.53 Å². The summed E-state index contributed by atoms with van der Waals surface area (Å²) in [5, 5.41) is 2.62. The molecule has 0 spiro atoms. The molecule has 1 rings (SSSR count). The van der Waals surface area contributed by atoms with Crippen molar-refractivity contribution in [3.05, 3.63) is 18.2 Å². The average Bonchev–Trinajstić information content (AvgIpc) is 2.27. The molecule has 1 aromatic heterocycles. The third-order valence-corrected chi connectivity index (χ3v) is 1.72. The smallest absolute Gasteiger partial charge is 0.251 e. The zero-order valence-electron chi connectivity index (χ0n) is 9.53. The van der Waals surface area contributed by atoms with Crippen LogP contribution in [0.25, 0.3) is 0 Å². The molecule has 1 amide bonds. The largest absolute Gasteiger partial charge is 0.478 e. The van der Waals surface area contributed by atoms with Gasteiger partial charge >= 0.3 is 0 Å². The predicted molar refractivity (Wildman–Crippen MR) is 60.5 cm³/mol. The summed E-state index contributed by atoms with van der Waals surface area (Å²) < 4.78 is 10.2. The van der Waals surface area contributed by atoms with Crippen LogP contribution in [0.3, 0.4) is 0 Å². The van der Waals surface area contributed by atoms with Crippen LogP contribution in [0, 0.1) is 0 Å². The first kappa shape index (κ1) is 12.4. The normalized spacial score (nSPS) is 9.88. The maximum Gasteiger partial charge on any atom is 0.251 e. The van der Waals surface area contributed by atoms with Crippen molar-refractivity contribution in [3.8, 4) is 5.88 Å². The van der Waals surface area contributed by atoms with E-state index in [1.807, 2.05) is 13.8 Å². The first-order valence-electron chi connectivity index (χ1n) is 5.23. The monoisotopic (exact) mass is 224 g/mol. The molecule has 0 fully saturated rings. The van der Waals surface area contributed by atoms with Crippen LogP contribution in [0.5, 0.6) is 5.88 Å². The van der Waals surface area contributed by atoms with Crippen LogP contribution in [0.2, 0.25) is 0 Å². The molecule has 1 aromatic rings. The highest BCUT2D eigenvalue weighted by Crippen LogP contribution is 2.10. The fraction of sp³-hybridized carbons (Fsp3) is 0.455. The van der Waals surface area contributed by atoms with E-state index in [4.69, 9.17) is 9.47 Å². The molecule has 0 unspecified atom stereocenters. The predicted octanol–water partition coefficient (Wildman–Crippen LogP) is 1.46. The molecule has 0 saturated carbocycles. The summed E-state index contributed by atoms with van der Waals surface area (Å²) in [6.07, 6.45) is 0. The maximum atomic E-state index is 11.3. The average molecular weight is 224 g/mol. The van der Waals surface area contributed by atoms with E-state index < -0.39 is 0 Å². The minimum Gasteiger partial charge on any atom is -0.478 e. The number of rotatable bonds is 6. The number of nitrogens with zero attached hydrogens (tertiary/aromatic N) is 1. The lowest BCUT2D eigenvalue weighted by Crippen LogP contribution is -2.18. The molecule has 0 aliphatic rings. The van der Waals surface area contributed by atoms with E-state index in [0.717, 1.165) is 0 Å². The Hall–Kier alpha value is -1.62. The highest BCUT2D eigenvalue weighted by atomic mass is 16.5. The molecule has 88 valence electrons. The van der Waals surface area contributed by atoms with E-state index in [9.17, 15) is 4.79 Å². The van der Waals surface area contributed by atoms with Gasteiger partial charge in [0, 0.05) is 12.7 Å². The number of hydrogen-bond donors (Lipinski definition) is 1. The van der Waals surface area contributed by atoms with Gasteiger partial charge in [0.25, 0.3) is 5.91 Å². The summed E-state index contributed by atoms with van der Waals surface area (Å²) >= 11 is 0. The fourth-order valence-corrected chi connectivity index (χ4v) is 1.09. The van der Waals surface area contributed by atoms with Crippen LogP contribution in [-0.4, -0.2) is 30.7 Å². The second kappa shape index (κ2) is 6.79. The summed E-state index contributed by atoms with van der Waals surface area (Å²) in [7, 11) is 0. The van der Waals surface area contributed by atoms with Crippen molar-refractivity contribution in [2.75, 3.05) is 25.1 Å². The molecule has 1 N–H and O–H groups in total. The highest BCUT2D eigenvalue weighted by molar-refractivity contribution is 5.90. The van der Waals surface area contributed by atoms with Crippen LogP contribution in [0.1, 0.15) is 13.8 Å². The second-order valence-electron chi connectivity index (χ2n) is 2.98. The number of nitrogens with one attached hydrogen (secondary N) is 1. The lowest BCUT2D eigenvalue weighted by molar-refractivity contribution is -0.120. The van der Waals surface area contributed by atoms with E-state index in [0.29, 0.717) is 24.9 Å². The van der Waals surface area contributed by atoms with Gasteiger partial charge in [0.05, 0.1) is 6.61 Å². The van der Waals surface area contributed by atoms with E-state index in [2.05, 4.69) is 10.3 Å². The molecule has 0 saturated heterocycles. The third kappa shape index (κ3) is 4.27. The molecule has 0 atom stereocenters. The van der Waals surface area contributed by atoms with Gasteiger partial charge in [-0.15, -0.1) is 0 Å². The number of pyridine rings is 1. The first-order chi connectivity index (χ1) is 7.76. The lowest BCUT2D eigenvalue weighted by Gasteiger charge is -2.06. The van der Waals surface area contributed by atoms with Crippen molar-refractivity contribution >= 4 is 11.7 Å². The Morgan fingerprint density at radius 1 is 1.38 bits per heavy atom. The van der Waals surface area contributed by atoms with Gasteiger partial charge in [-0.05, 0) is 19.9 Å². The molecule has 0 aliphatic heterocycles. The standard InChI is InChI=1S/C11H16N2O3/c1-3-15-8-10(14)12-9-6-5-7-11(13-9)16-4-2/h5-7H,3-4,8H2,1-2H3,(H,12,13,14). The van der Waals surface area contributed by atoms with Crippen molar-refractivity contribution < 1.29 is 14.3 Å². The molecule has 0 aliphatic carbocycles. The van der Waals surface area contributed by atoms with E-state index >= 15 is 0 Å². The van der Waals surface area contributed by atoms with Crippen molar-refractivity contribution in [1.29, 1.82) is 0 Å². The third-order valence-electron chi connectivity index (χ3n) is 1.72. The maximum absolute atomic E-state index is 11.3. The summed E-state index contributed by atoms with van der Waals surface area (Å²) in [5.41, 5.74) is 0. The highest BCUT2D eigenvalue weighted by Gasteiger charge is 2.03. The zero-order chi connectivity index (χ0) is 11.8. The van der Waals surface area contributed by atoms with Crippen LogP contribution in [0.4, 0.5) is 5.82 Å². The molecule has 5 nitrogen and oxygen atoms in total. The van der Waals surface area contributed by atoms with Crippen molar-refractivity contribution in [2.24, 2.45) is 0 Å². The summed E-state index contributed by atoms with van der Waals surface area (Å²) in [4.78, 5) is 15.4. The number of anilines is 1. The summed E-state index contributed by atoms with van der Waals surface area (Å²) in [6.45, 7) is 4.81. The molecule has 0 bridgehead atoms. The van der Waals surface area contributed by atoms with Crippen LogP contribution in [0.15, 0.2) is 18.2 Å². The van der Waals surface area contributed by atoms with E-state index in [1.54, 1.807) is 18.2 Å². The van der Waals surface area contributed by atoms with Crippen molar-refractivity contribution in [2.45, 2.75) is 13.8 Å². The first-order valence-corrected chi connectivity index (χ1v) is 5.23. The Kier molecular flexibility index (Phi) is 5.28. The van der Waals surface area contributed by atoms with Gasteiger partial charge in [-0.3, -0.25) is 4.79 Å². The number of carbonyl (C=O) groups is 1. The number of amides is 1. The van der Waals surface area contributed by atoms with Gasteiger partial charge in [0.15, 0.2) is 0 Å². The molecule has 16 heavy (non-hydrogen) atoms. The van der Waals surface area contributed by atoms with Gasteiger partial charge in [0.2, 0.25) is 5.88 Å². The molecule has 0 aromatic carbocycles. The number of ether oxygens (including phenoxy) is 2. The lowest BCUT2D eigenvalue weighted by atomic mass is 10.4. The summed E-state index contributed by atoms with van der Waals surface area (Å²) in [5.74, 6) is 0.746. The Morgan fingerprint density at radius 2 is 2.19 bits per heavy atom. The number of aromatic nitrogens is 1.